The Morgan fingerprint density at radius 1 is 0.426 bits per heavy atom. The van der Waals surface area contributed by atoms with Crippen molar-refractivity contribution in [3.63, 3.8) is 0 Å². The highest BCUT2D eigenvalue weighted by Gasteiger charge is 2.35. The Hall–Kier alpha value is -6.56. The van der Waals surface area contributed by atoms with Crippen molar-refractivity contribution in [2.45, 2.75) is 19.3 Å². The first kappa shape index (κ1) is 31.0. The van der Waals surface area contributed by atoms with E-state index in [0.717, 1.165) is 49.6 Å². The number of thiophene rings is 1. The fraction of sp³-hybridized carbons (Fsp3) is 0.0612. The summed E-state index contributed by atoms with van der Waals surface area (Å²) in [6.45, 7) is 4.61. The van der Waals surface area contributed by atoms with Crippen LogP contribution in [0.2, 0.25) is 0 Å². The minimum atomic E-state index is -0.136. The van der Waals surface area contributed by atoms with Gasteiger partial charge in [0.15, 0.2) is 17.5 Å². The molecule has 11 rings (SSSR count). The lowest BCUT2D eigenvalue weighted by Gasteiger charge is -2.21. The normalized spacial score (nSPS) is 13.1. The van der Waals surface area contributed by atoms with E-state index in [1.54, 1.807) is 0 Å². The number of benzene rings is 7. The van der Waals surface area contributed by atoms with E-state index >= 15 is 0 Å². The van der Waals surface area contributed by atoms with Crippen LogP contribution in [0.3, 0.4) is 0 Å². The standard InChI is InChI=1S/C49H32N4S/c1-49(2)40-20-9-7-15-34(40)35-27-26-32(28-41(35)49)47-51-46(52-48(53-47)38-19-11-13-29-12-3-4-14-33(29)38)31-24-22-30(23-25-31)43-36-16-5-6-17-37(36)45-44(50-43)39-18-8-10-21-42(39)54-45/h3-28H,1-2H3. The quantitative estimate of drug-likeness (QED) is 0.183. The van der Waals surface area contributed by atoms with Gasteiger partial charge in [0.2, 0.25) is 0 Å². The number of aromatic nitrogens is 4. The zero-order valence-electron chi connectivity index (χ0n) is 29.7. The lowest BCUT2D eigenvalue weighted by molar-refractivity contribution is 0.660. The average Bonchev–Trinajstić information content (AvgIpc) is 3.72. The number of pyridine rings is 1. The first-order valence-corrected chi connectivity index (χ1v) is 19.1. The summed E-state index contributed by atoms with van der Waals surface area (Å²) in [7, 11) is 0. The van der Waals surface area contributed by atoms with Crippen molar-refractivity contribution < 1.29 is 0 Å². The van der Waals surface area contributed by atoms with Gasteiger partial charge in [-0.2, -0.15) is 0 Å². The molecule has 0 radical (unpaired) electrons. The van der Waals surface area contributed by atoms with E-state index in [4.69, 9.17) is 19.9 Å². The SMILES string of the molecule is CC1(C)c2ccccc2-c2ccc(-c3nc(-c4ccc(-c5nc6c7ccccc7sc6c6ccccc56)cc4)nc(-c4cccc5ccccc45)n3)cc21. The summed E-state index contributed by atoms with van der Waals surface area (Å²) < 4.78 is 2.48. The van der Waals surface area contributed by atoms with Crippen LogP contribution in [-0.4, -0.2) is 19.9 Å². The molecule has 254 valence electrons. The minimum absolute atomic E-state index is 0.136. The summed E-state index contributed by atoms with van der Waals surface area (Å²) in [4.78, 5) is 20.9. The van der Waals surface area contributed by atoms with E-state index in [-0.39, 0.29) is 5.41 Å². The minimum Gasteiger partial charge on any atom is -0.246 e. The topological polar surface area (TPSA) is 51.6 Å². The molecule has 3 heterocycles. The smallest absolute Gasteiger partial charge is 0.164 e. The Bertz CT molecular complexity index is 3130. The third kappa shape index (κ3) is 4.68. The Balaban J connectivity index is 1.07. The van der Waals surface area contributed by atoms with Crippen molar-refractivity contribution in [2.24, 2.45) is 0 Å². The predicted molar refractivity (Wildman–Crippen MR) is 225 cm³/mol. The molecule has 0 saturated heterocycles. The van der Waals surface area contributed by atoms with Gasteiger partial charge in [0, 0.05) is 48.5 Å². The second-order valence-electron chi connectivity index (χ2n) is 14.6. The van der Waals surface area contributed by atoms with Crippen LogP contribution in [0.5, 0.6) is 0 Å². The molecule has 0 saturated carbocycles. The second-order valence-corrected chi connectivity index (χ2v) is 15.7. The van der Waals surface area contributed by atoms with Crippen molar-refractivity contribution in [3.8, 4) is 56.5 Å². The molecule has 7 aromatic carbocycles. The molecule has 0 bridgehead atoms. The molecule has 10 aromatic rings. The van der Waals surface area contributed by atoms with Crippen molar-refractivity contribution >= 4 is 53.2 Å². The summed E-state index contributed by atoms with van der Waals surface area (Å²) in [6.07, 6.45) is 0. The fourth-order valence-electron chi connectivity index (χ4n) is 8.40. The third-order valence-electron chi connectivity index (χ3n) is 11.1. The molecule has 4 nitrogen and oxygen atoms in total. The number of fused-ring (bicyclic) bond motifs is 9. The van der Waals surface area contributed by atoms with Crippen LogP contribution in [0.15, 0.2) is 158 Å². The molecule has 5 heteroatoms. The van der Waals surface area contributed by atoms with Gasteiger partial charge in [-0.3, -0.25) is 0 Å². The Morgan fingerprint density at radius 3 is 1.87 bits per heavy atom. The van der Waals surface area contributed by atoms with Gasteiger partial charge in [0.25, 0.3) is 0 Å². The zero-order chi connectivity index (χ0) is 36.0. The Labute approximate surface area is 316 Å². The Morgan fingerprint density at radius 2 is 1.02 bits per heavy atom. The molecule has 0 N–H and O–H groups in total. The summed E-state index contributed by atoms with van der Waals surface area (Å²) >= 11 is 1.81. The highest BCUT2D eigenvalue weighted by Crippen LogP contribution is 2.49. The summed E-state index contributed by atoms with van der Waals surface area (Å²) in [5.41, 5.74) is 11.0. The van der Waals surface area contributed by atoms with Crippen LogP contribution in [0.25, 0.3) is 98.4 Å². The van der Waals surface area contributed by atoms with Crippen molar-refractivity contribution in [1.82, 2.24) is 19.9 Å². The first-order valence-electron chi connectivity index (χ1n) is 18.3. The fourth-order valence-corrected chi connectivity index (χ4v) is 9.58. The van der Waals surface area contributed by atoms with Crippen LogP contribution < -0.4 is 0 Å². The van der Waals surface area contributed by atoms with E-state index in [1.165, 1.54) is 42.4 Å². The number of nitrogens with zero attached hydrogens (tertiary/aromatic N) is 4. The van der Waals surface area contributed by atoms with E-state index in [0.29, 0.717) is 17.5 Å². The van der Waals surface area contributed by atoms with Crippen LogP contribution in [0.1, 0.15) is 25.0 Å². The van der Waals surface area contributed by atoms with Crippen molar-refractivity contribution in [3.05, 3.63) is 169 Å². The second kappa shape index (κ2) is 11.7. The first-order chi connectivity index (χ1) is 26.5. The van der Waals surface area contributed by atoms with Gasteiger partial charge in [0.05, 0.1) is 15.9 Å². The van der Waals surface area contributed by atoms with Gasteiger partial charge in [-0.1, -0.05) is 159 Å². The van der Waals surface area contributed by atoms with Gasteiger partial charge in [-0.15, -0.1) is 11.3 Å². The van der Waals surface area contributed by atoms with E-state index in [9.17, 15) is 0 Å². The highest BCUT2D eigenvalue weighted by molar-refractivity contribution is 7.26. The predicted octanol–water partition coefficient (Wildman–Crippen LogP) is 12.9. The summed E-state index contributed by atoms with van der Waals surface area (Å²) in [5.74, 6) is 1.94. The van der Waals surface area contributed by atoms with E-state index in [2.05, 4.69) is 172 Å². The summed E-state index contributed by atoms with van der Waals surface area (Å²) in [5, 5.41) is 5.82. The largest absolute Gasteiger partial charge is 0.246 e. The molecular weight excluding hydrogens is 677 g/mol. The molecule has 0 fully saturated rings. The maximum atomic E-state index is 5.33. The average molecular weight is 709 g/mol. The lowest BCUT2D eigenvalue weighted by atomic mass is 9.82. The number of hydrogen-bond donors (Lipinski definition) is 0. The monoisotopic (exact) mass is 708 g/mol. The van der Waals surface area contributed by atoms with Crippen molar-refractivity contribution in [2.75, 3.05) is 0 Å². The molecule has 1 aliphatic carbocycles. The lowest BCUT2D eigenvalue weighted by Crippen LogP contribution is -2.15. The molecule has 0 spiro atoms. The van der Waals surface area contributed by atoms with Crippen LogP contribution in [0, 0.1) is 0 Å². The van der Waals surface area contributed by atoms with Gasteiger partial charge in [-0.05, 0) is 45.2 Å². The van der Waals surface area contributed by atoms with Crippen LogP contribution in [0.4, 0.5) is 0 Å². The third-order valence-corrected chi connectivity index (χ3v) is 12.3. The maximum Gasteiger partial charge on any atom is 0.164 e. The van der Waals surface area contributed by atoms with Crippen LogP contribution >= 0.6 is 11.3 Å². The zero-order valence-corrected chi connectivity index (χ0v) is 30.5. The van der Waals surface area contributed by atoms with Gasteiger partial charge < -0.3 is 0 Å². The molecule has 0 amide bonds. The Kier molecular flexibility index (Phi) is 6.73. The van der Waals surface area contributed by atoms with Crippen molar-refractivity contribution in [1.29, 1.82) is 0 Å². The number of rotatable bonds is 4. The molecule has 0 aliphatic heterocycles. The maximum absolute atomic E-state index is 5.33. The molecule has 3 aromatic heterocycles. The molecular formula is C49H32N4S. The molecule has 0 atom stereocenters. The van der Waals surface area contributed by atoms with Gasteiger partial charge >= 0.3 is 0 Å². The van der Waals surface area contributed by atoms with E-state index in [1.807, 2.05) is 11.3 Å². The molecule has 54 heavy (non-hydrogen) atoms. The molecule has 1 aliphatic rings. The van der Waals surface area contributed by atoms with Gasteiger partial charge in [-0.25, -0.2) is 19.9 Å². The highest BCUT2D eigenvalue weighted by atomic mass is 32.1. The van der Waals surface area contributed by atoms with Crippen LogP contribution in [-0.2, 0) is 5.41 Å². The molecule has 0 unspecified atom stereocenters. The van der Waals surface area contributed by atoms with E-state index < -0.39 is 0 Å². The number of hydrogen-bond acceptors (Lipinski definition) is 5. The van der Waals surface area contributed by atoms with Gasteiger partial charge in [0.1, 0.15) is 0 Å². The summed E-state index contributed by atoms with van der Waals surface area (Å²) in [6, 6.07) is 55.9.